The van der Waals surface area contributed by atoms with Gasteiger partial charge in [-0.15, -0.1) is 0 Å². The molecule has 2 aromatic carbocycles. The molecule has 146 valence electrons. The van der Waals surface area contributed by atoms with Gasteiger partial charge in [-0.2, -0.15) is 0 Å². The minimum absolute atomic E-state index is 0.231. The van der Waals surface area contributed by atoms with E-state index in [0.29, 0.717) is 22.3 Å². The van der Waals surface area contributed by atoms with Gasteiger partial charge in [0, 0.05) is 48.6 Å². The largest absolute Gasteiger partial charge is 0.450 e. The Labute approximate surface area is 159 Å². The number of nitrogens with zero attached hydrogens (tertiary/aromatic N) is 1. The lowest BCUT2D eigenvalue weighted by Gasteiger charge is -2.20. The lowest BCUT2D eigenvalue weighted by atomic mass is 10.1. The Morgan fingerprint density at radius 1 is 1.14 bits per heavy atom. The first-order valence-electron chi connectivity index (χ1n) is 8.54. The molecule has 8 heteroatoms. The molecule has 1 aromatic heterocycles. The first-order chi connectivity index (χ1) is 13.4. The third-order valence-electron chi connectivity index (χ3n) is 4.10. The van der Waals surface area contributed by atoms with Gasteiger partial charge in [0.2, 0.25) is 0 Å². The second kappa shape index (κ2) is 8.08. The second-order valence-corrected chi connectivity index (χ2v) is 6.10. The van der Waals surface area contributed by atoms with Gasteiger partial charge in [-0.1, -0.05) is 0 Å². The normalized spacial score (nSPS) is 10.7. The van der Waals surface area contributed by atoms with Crippen LogP contribution in [0.4, 0.5) is 25.0 Å². The monoisotopic (exact) mass is 388 g/mol. The van der Waals surface area contributed by atoms with Gasteiger partial charge in [0.1, 0.15) is 5.58 Å². The maximum Gasteiger partial charge on any atom is 0.411 e. The van der Waals surface area contributed by atoms with Crippen molar-refractivity contribution in [1.82, 2.24) is 0 Å². The predicted molar refractivity (Wildman–Crippen MR) is 102 cm³/mol. The molecule has 6 nitrogen and oxygen atoms in total. The molecule has 3 aromatic rings. The van der Waals surface area contributed by atoms with E-state index in [0.717, 1.165) is 12.1 Å². The molecule has 28 heavy (non-hydrogen) atoms. The van der Waals surface area contributed by atoms with Crippen LogP contribution in [0.1, 0.15) is 12.5 Å². The number of benzene rings is 2. The van der Waals surface area contributed by atoms with E-state index in [-0.39, 0.29) is 18.7 Å². The van der Waals surface area contributed by atoms with Gasteiger partial charge in [0.05, 0.1) is 6.61 Å². The molecule has 0 saturated heterocycles. The van der Waals surface area contributed by atoms with Crippen molar-refractivity contribution >= 4 is 28.4 Å². The third kappa shape index (κ3) is 4.28. The number of amides is 1. The summed E-state index contributed by atoms with van der Waals surface area (Å²) in [7, 11) is 1.70. The zero-order valence-electron chi connectivity index (χ0n) is 15.3. The highest BCUT2D eigenvalue weighted by Gasteiger charge is 2.12. The Kier molecular flexibility index (Phi) is 5.58. The van der Waals surface area contributed by atoms with E-state index in [1.165, 1.54) is 18.2 Å². The Hall–Kier alpha value is -3.42. The van der Waals surface area contributed by atoms with Crippen molar-refractivity contribution in [2.75, 3.05) is 23.9 Å². The maximum atomic E-state index is 13.5. The minimum Gasteiger partial charge on any atom is -0.450 e. The molecule has 0 saturated carbocycles. The van der Waals surface area contributed by atoms with Crippen molar-refractivity contribution in [2.45, 2.75) is 13.5 Å². The summed E-state index contributed by atoms with van der Waals surface area (Å²) < 4.78 is 36.7. The Balaban J connectivity index is 1.91. The number of fused-ring (bicyclic) bond motifs is 1. The van der Waals surface area contributed by atoms with Gasteiger partial charge in [-0.25, -0.2) is 18.4 Å². The molecule has 3 rings (SSSR count). The van der Waals surface area contributed by atoms with Gasteiger partial charge < -0.3 is 14.1 Å². The predicted octanol–water partition coefficient (Wildman–Crippen LogP) is 4.28. The first-order valence-corrected chi connectivity index (χ1v) is 8.54. The molecule has 1 heterocycles. The van der Waals surface area contributed by atoms with Crippen LogP contribution in [-0.4, -0.2) is 19.7 Å². The van der Waals surface area contributed by atoms with Crippen LogP contribution in [0.3, 0.4) is 0 Å². The van der Waals surface area contributed by atoms with E-state index in [1.54, 1.807) is 31.0 Å². The van der Waals surface area contributed by atoms with E-state index >= 15 is 0 Å². The van der Waals surface area contributed by atoms with Crippen molar-refractivity contribution in [3.05, 3.63) is 70.1 Å². The summed E-state index contributed by atoms with van der Waals surface area (Å²) in [5.74, 6) is -1.87. The van der Waals surface area contributed by atoms with Crippen LogP contribution in [0.15, 0.2) is 51.7 Å². The molecule has 0 spiro atoms. The lowest BCUT2D eigenvalue weighted by Crippen LogP contribution is -2.18. The van der Waals surface area contributed by atoms with Crippen LogP contribution in [-0.2, 0) is 11.3 Å². The first kappa shape index (κ1) is 19.3. The fraction of sp³-hybridized carbons (Fsp3) is 0.200. The van der Waals surface area contributed by atoms with Crippen molar-refractivity contribution < 1.29 is 22.7 Å². The zero-order valence-corrected chi connectivity index (χ0v) is 15.3. The molecule has 0 atom stereocenters. The van der Waals surface area contributed by atoms with Crippen LogP contribution in [0, 0.1) is 11.6 Å². The van der Waals surface area contributed by atoms with E-state index in [1.807, 2.05) is 0 Å². The highest BCUT2D eigenvalue weighted by molar-refractivity contribution is 5.90. The number of rotatable bonds is 5. The summed E-state index contributed by atoms with van der Waals surface area (Å²) in [5, 5.41) is 3.20. The van der Waals surface area contributed by atoms with Crippen molar-refractivity contribution in [3.8, 4) is 0 Å². The topological polar surface area (TPSA) is 71.8 Å². The average Bonchev–Trinajstić information content (AvgIpc) is 2.63. The second-order valence-electron chi connectivity index (χ2n) is 6.10. The number of hydrogen-bond donors (Lipinski definition) is 1. The highest BCUT2D eigenvalue weighted by Crippen LogP contribution is 2.24. The van der Waals surface area contributed by atoms with Crippen molar-refractivity contribution in [1.29, 1.82) is 0 Å². The molecule has 0 aliphatic heterocycles. The standard InChI is InChI=1S/C20H18F2N2O4/c1-3-27-20(26)23-13-4-6-15-12(8-19(25)28-18(15)9-13)11-24(2)14-5-7-16(21)17(22)10-14/h4-10H,3,11H2,1-2H3,(H,23,26). The van der Waals surface area contributed by atoms with Crippen LogP contribution in [0.25, 0.3) is 11.0 Å². The molecule has 0 bridgehead atoms. The maximum absolute atomic E-state index is 13.5. The quantitative estimate of drug-likeness (QED) is 0.661. The number of halogens is 2. The lowest BCUT2D eigenvalue weighted by molar-refractivity contribution is 0.168. The van der Waals surface area contributed by atoms with Crippen molar-refractivity contribution in [2.24, 2.45) is 0 Å². The average molecular weight is 388 g/mol. The zero-order chi connectivity index (χ0) is 20.3. The minimum atomic E-state index is -0.948. The van der Waals surface area contributed by atoms with Crippen molar-refractivity contribution in [3.63, 3.8) is 0 Å². The van der Waals surface area contributed by atoms with Gasteiger partial charge in [-0.05, 0) is 36.8 Å². The summed E-state index contributed by atoms with van der Waals surface area (Å²) >= 11 is 0. The molecule has 1 N–H and O–H groups in total. The molecule has 0 aliphatic carbocycles. The van der Waals surface area contributed by atoms with Gasteiger partial charge >= 0.3 is 11.7 Å². The number of carbonyl (C=O) groups excluding carboxylic acids is 1. The van der Waals surface area contributed by atoms with Gasteiger partial charge in [0.25, 0.3) is 0 Å². The molecular formula is C20H18F2N2O4. The Morgan fingerprint density at radius 3 is 2.64 bits per heavy atom. The molecular weight excluding hydrogens is 370 g/mol. The van der Waals surface area contributed by atoms with Gasteiger partial charge in [-0.3, -0.25) is 5.32 Å². The SMILES string of the molecule is CCOC(=O)Nc1ccc2c(CN(C)c3ccc(F)c(F)c3)cc(=O)oc2c1. The molecule has 0 radical (unpaired) electrons. The van der Waals surface area contributed by atoms with Crippen LogP contribution >= 0.6 is 0 Å². The van der Waals surface area contributed by atoms with Gasteiger partial charge in [0.15, 0.2) is 11.6 Å². The smallest absolute Gasteiger partial charge is 0.411 e. The number of ether oxygens (including phenoxy) is 1. The Bertz CT molecular complexity index is 1080. The highest BCUT2D eigenvalue weighted by atomic mass is 19.2. The van der Waals surface area contributed by atoms with E-state index in [2.05, 4.69) is 5.32 Å². The van der Waals surface area contributed by atoms with E-state index in [9.17, 15) is 18.4 Å². The van der Waals surface area contributed by atoms with Crippen LogP contribution < -0.4 is 15.8 Å². The molecule has 0 aliphatic rings. The molecule has 0 fully saturated rings. The number of anilines is 2. The van der Waals surface area contributed by atoms with Crippen LogP contribution in [0.5, 0.6) is 0 Å². The summed E-state index contributed by atoms with van der Waals surface area (Å²) in [5.41, 5.74) is 1.24. The fourth-order valence-corrected chi connectivity index (χ4v) is 2.79. The summed E-state index contributed by atoms with van der Waals surface area (Å²) in [6, 6.07) is 9.81. The number of nitrogens with one attached hydrogen (secondary N) is 1. The number of carbonyl (C=O) groups is 1. The fourth-order valence-electron chi connectivity index (χ4n) is 2.79. The van der Waals surface area contributed by atoms with E-state index in [4.69, 9.17) is 9.15 Å². The third-order valence-corrected chi connectivity index (χ3v) is 4.10. The van der Waals surface area contributed by atoms with E-state index < -0.39 is 23.4 Å². The summed E-state index contributed by atoms with van der Waals surface area (Å²) in [6.45, 7) is 2.18. The van der Waals surface area contributed by atoms with Crippen LogP contribution in [0.2, 0.25) is 0 Å². The summed E-state index contributed by atoms with van der Waals surface area (Å²) in [6.07, 6.45) is -0.613. The molecule has 1 amide bonds. The Morgan fingerprint density at radius 2 is 1.93 bits per heavy atom. The number of hydrogen-bond acceptors (Lipinski definition) is 5. The molecule has 0 unspecified atom stereocenters. The summed E-state index contributed by atoms with van der Waals surface area (Å²) in [4.78, 5) is 25.2.